The zero-order chi connectivity index (χ0) is 38.3. The number of para-hydroxylation sites is 1. The molecule has 2 aliphatic heterocycles. The number of carbonyl (C=O) groups is 1. The first-order chi connectivity index (χ1) is 24.5. The van der Waals surface area contributed by atoms with Gasteiger partial charge in [0.1, 0.15) is 6.54 Å². The van der Waals surface area contributed by atoms with Crippen LogP contribution in [-0.2, 0) is 30.3 Å². The summed E-state index contributed by atoms with van der Waals surface area (Å²) in [5, 5.41) is 8.75. The van der Waals surface area contributed by atoms with E-state index < -0.39 is 29.1 Å². The largest absolute Gasteiger partial charge is 0.481 e. The molecule has 0 radical (unpaired) electrons. The summed E-state index contributed by atoms with van der Waals surface area (Å²) < 4.78 is 49.2. The van der Waals surface area contributed by atoms with Crippen molar-refractivity contribution in [3.8, 4) is 0 Å². The van der Waals surface area contributed by atoms with E-state index in [1.165, 1.54) is 23.4 Å². The number of fused-ring (bicyclic) bond motifs is 2. The van der Waals surface area contributed by atoms with E-state index in [1.807, 2.05) is 30.1 Å². The maximum atomic E-state index is 12.7. The van der Waals surface area contributed by atoms with Gasteiger partial charge in [-0.2, -0.15) is 13.0 Å². The van der Waals surface area contributed by atoms with Crippen LogP contribution in [0.4, 0.5) is 11.4 Å². The second kappa shape index (κ2) is 17.0. The molecule has 2 heterocycles. The zero-order valence-corrected chi connectivity index (χ0v) is 32.5. The second-order valence-corrected chi connectivity index (χ2v) is 17.2. The Labute approximate surface area is 308 Å². The summed E-state index contributed by atoms with van der Waals surface area (Å²) >= 11 is 0. The number of rotatable bonds is 19. The normalized spacial score (nSPS) is 21.1. The minimum absolute atomic E-state index is 0.163. The third kappa shape index (κ3) is 8.77. The first-order valence-corrected chi connectivity index (χ1v) is 21.2. The molecule has 2 aromatic carbocycles. The van der Waals surface area contributed by atoms with E-state index in [1.54, 1.807) is 19.1 Å². The third-order valence-electron chi connectivity index (χ3n) is 10.5. The Morgan fingerprint density at radius 1 is 0.942 bits per heavy atom. The van der Waals surface area contributed by atoms with Crippen LogP contribution in [0.2, 0.25) is 0 Å². The van der Waals surface area contributed by atoms with Gasteiger partial charge in [0.25, 0.3) is 10.1 Å². The number of benzene rings is 2. The van der Waals surface area contributed by atoms with E-state index in [0.717, 1.165) is 63.6 Å². The molecule has 4 rings (SSSR count). The van der Waals surface area contributed by atoms with Crippen molar-refractivity contribution in [2.75, 3.05) is 18.0 Å². The molecule has 2 aliphatic rings. The molecule has 0 aliphatic carbocycles. The van der Waals surface area contributed by atoms with Crippen LogP contribution in [-0.4, -0.2) is 57.2 Å². The van der Waals surface area contributed by atoms with Crippen LogP contribution in [0.3, 0.4) is 0 Å². The lowest BCUT2D eigenvalue weighted by atomic mass is 9.75. The van der Waals surface area contributed by atoms with Crippen LogP contribution in [0.5, 0.6) is 0 Å². The monoisotopic (exact) mass is 753 g/mol. The molecule has 2 aromatic rings. The van der Waals surface area contributed by atoms with Crippen molar-refractivity contribution in [2.24, 2.45) is 0 Å². The first kappa shape index (κ1) is 41.2. The van der Waals surface area contributed by atoms with Crippen LogP contribution in [0, 0.1) is 0 Å². The van der Waals surface area contributed by atoms with E-state index in [4.69, 9.17) is 5.11 Å². The Hall–Kier alpha value is -3.60. The van der Waals surface area contributed by atoms with Gasteiger partial charge in [0, 0.05) is 48.5 Å². The van der Waals surface area contributed by atoms with Crippen LogP contribution in [0.25, 0.3) is 0 Å². The number of carboxylic acid groups (broad SMARTS) is 1. The van der Waals surface area contributed by atoms with Crippen LogP contribution in [0.1, 0.15) is 103 Å². The standard InChI is InChI=1S/C40H53N2O8PS/c1-6-8-18-28-41-34-20-16-15-19-32(34)39(4,26-17-11-14-23-38(43)44)36(41)21-12-10-13-22-37-40(5,30(3)51(45,46)47)33-29-31(52(48,49)50)24-25-35(33)42(37)27-9-7-2/h10,12-13,15-16,19-22,24-25,29H,3,6-9,11,14,17-18,23,26-28H2,1-2,4-5H3,(H3-,43,44,45,46,47,48,49,50)/p+1. The third-order valence-corrected chi connectivity index (χ3v) is 12.5. The molecule has 0 saturated heterocycles. The summed E-state index contributed by atoms with van der Waals surface area (Å²) in [5.41, 5.74) is 3.31. The maximum Gasteiger partial charge on any atom is 0.352 e. The number of unbranched alkanes of at least 4 members (excludes halogenated alkanes) is 5. The number of aliphatic carboxylic acids is 1. The Morgan fingerprint density at radius 2 is 1.65 bits per heavy atom. The molecule has 0 amide bonds. The Bertz CT molecular complexity index is 1940. The van der Waals surface area contributed by atoms with Gasteiger partial charge in [-0.3, -0.25) is 13.9 Å². The van der Waals surface area contributed by atoms with Gasteiger partial charge in [0.2, 0.25) is 5.69 Å². The summed E-state index contributed by atoms with van der Waals surface area (Å²) in [4.78, 5) is 33.4. The Morgan fingerprint density at radius 3 is 2.31 bits per heavy atom. The minimum Gasteiger partial charge on any atom is -0.481 e. The van der Waals surface area contributed by atoms with Crippen molar-refractivity contribution in [2.45, 2.75) is 108 Å². The van der Waals surface area contributed by atoms with Gasteiger partial charge in [-0.1, -0.05) is 82.5 Å². The highest BCUT2D eigenvalue weighted by Crippen LogP contribution is 2.62. The highest BCUT2D eigenvalue weighted by Gasteiger charge is 2.50. The molecule has 10 nitrogen and oxygen atoms in total. The number of carboxylic acids is 1. The molecule has 0 aromatic heterocycles. The summed E-state index contributed by atoms with van der Waals surface area (Å²) in [6, 6.07) is 12.6. The molecule has 0 bridgehead atoms. The first-order valence-electron chi connectivity index (χ1n) is 18.2. The minimum atomic E-state index is -4.86. The van der Waals surface area contributed by atoms with Gasteiger partial charge < -0.3 is 19.8 Å². The van der Waals surface area contributed by atoms with Crippen LogP contribution < -0.4 is 4.90 Å². The van der Waals surface area contributed by atoms with Gasteiger partial charge in [-0.25, -0.2) is 0 Å². The van der Waals surface area contributed by atoms with E-state index >= 15 is 0 Å². The van der Waals surface area contributed by atoms with Crippen LogP contribution in [0.15, 0.2) is 95.3 Å². The number of allylic oxidation sites excluding steroid dienone is 6. The Kier molecular flexibility index (Phi) is 13.5. The molecule has 0 saturated carbocycles. The smallest absolute Gasteiger partial charge is 0.352 e. The van der Waals surface area contributed by atoms with Gasteiger partial charge in [0.15, 0.2) is 5.71 Å². The number of anilines is 1. The van der Waals surface area contributed by atoms with Gasteiger partial charge in [0.05, 0.1) is 21.0 Å². The lowest BCUT2D eigenvalue weighted by Gasteiger charge is -2.32. The van der Waals surface area contributed by atoms with Crippen molar-refractivity contribution in [1.29, 1.82) is 0 Å². The van der Waals surface area contributed by atoms with E-state index in [2.05, 4.69) is 55.3 Å². The van der Waals surface area contributed by atoms with E-state index in [-0.39, 0.29) is 22.0 Å². The quantitative estimate of drug-likeness (QED) is 0.0362. The van der Waals surface area contributed by atoms with Gasteiger partial charge in [-0.15, -0.1) is 0 Å². The van der Waals surface area contributed by atoms with Gasteiger partial charge in [-0.05, 0) is 69.4 Å². The number of nitrogens with zero attached hydrogens (tertiary/aromatic N) is 2. The molecule has 4 N–H and O–H groups in total. The molecule has 52 heavy (non-hydrogen) atoms. The average Bonchev–Trinajstić information content (AvgIpc) is 3.46. The summed E-state index contributed by atoms with van der Waals surface area (Å²) in [5.74, 6) is -0.777. The van der Waals surface area contributed by atoms with E-state index in [9.17, 15) is 32.1 Å². The summed E-state index contributed by atoms with van der Waals surface area (Å²) in [7, 11) is -9.45. The lowest BCUT2D eigenvalue weighted by molar-refractivity contribution is -0.438. The second-order valence-electron chi connectivity index (χ2n) is 14.1. The fraction of sp³-hybridized carbons (Fsp3) is 0.450. The zero-order valence-electron chi connectivity index (χ0n) is 30.8. The SMILES string of the molecule is C=C(C1(C)/C(=C/C=C/C=C/C2=[N+](CCCCC)c3ccccc3C2(C)CCCCCC(=O)O)N(CCCC)c2ccc(S(=O)(=O)O)cc21)P(=O)(O)O. The summed E-state index contributed by atoms with van der Waals surface area (Å²) in [6.07, 6.45) is 17.8. The molecule has 2 atom stereocenters. The molecule has 0 fully saturated rings. The number of hydrogen-bond donors (Lipinski definition) is 4. The predicted molar refractivity (Wildman–Crippen MR) is 207 cm³/mol. The molecule has 0 spiro atoms. The van der Waals surface area contributed by atoms with Crippen molar-refractivity contribution in [3.63, 3.8) is 0 Å². The highest BCUT2D eigenvalue weighted by atomic mass is 32.2. The lowest BCUT2D eigenvalue weighted by Crippen LogP contribution is -2.31. The topological polar surface area (TPSA) is 155 Å². The fourth-order valence-corrected chi connectivity index (χ4v) is 8.91. The molecule has 12 heteroatoms. The molecular weight excluding hydrogens is 699 g/mol. The summed E-state index contributed by atoms with van der Waals surface area (Å²) in [6.45, 7) is 13.3. The fourth-order valence-electron chi connectivity index (χ4n) is 7.59. The van der Waals surface area contributed by atoms with Gasteiger partial charge >= 0.3 is 13.6 Å². The Balaban J connectivity index is 1.77. The van der Waals surface area contributed by atoms with Crippen molar-refractivity contribution in [3.05, 3.63) is 102 Å². The predicted octanol–water partition coefficient (Wildman–Crippen LogP) is 8.78. The average molecular weight is 754 g/mol. The highest BCUT2D eigenvalue weighted by molar-refractivity contribution is 7.85. The molecular formula is C40H54N2O8PS+. The molecule has 2 unspecified atom stereocenters. The maximum absolute atomic E-state index is 12.7. The number of hydrogen-bond acceptors (Lipinski definition) is 5. The van der Waals surface area contributed by atoms with Crippen LogP contribution >= 0.6 is 7.60 Å². The van der Waals surface area contributed by atoms with E-state index in [0.29, 0.717) is 29.9 Å². The van der Waals surface area contributed by atoms with Crippen molar-refractivity contribution in [1.82, 2.24) is 0 Å². The van der Waals surface area contributed by atoms with Crippen molar-refractivity contribution >= 4 is 40.8 Å². The molecule has 282 valence electrons. The van der Waals surface area contributed by atoms with Crippen molar-refractivity contribution < 1.29 is 41.8 Å².